The molecule has 1 aromatic carbocycles. The van der Waals surface area contributed by atoms with Crippen molar-refractivity contribution < 1.29 is 9.13 Å². The first-order chi connectivity index (χ1) is 8.24. The Morgan fingerprint density at radius 3 is 2.71 bits per heavy atom. The van der Waals surface area contributed by atoms with Crippen molar-refractivity contribution in [2.45, 2.75) is 0 Å². The van der Waals surface area contributed by atoms with Gasteiger partial charge in [0.2, 0.25) is 0 Å². The minimum atomic E-state index is -0.342. The molecule has 0 aliphatic heterocycles. The van der Waals surface area contributed by atoms with Crippen molar-refractivity contribution in [1.82, 2.24) is 4.98 Å². The highest BCUT2D eigenvalue weighted by Crippen LogP contribution is 2.25. The zero-order chi connectivity index (χ0) is 12.3. The van der Waals surface area contributed by atoms with Crippen molar-refractivity contribution in [2.75, 3.05) is 19.5 Å². The number of halogens is 1. The van der Waals surface area contributed by atoms with Gasteiger partial charge in [-0.15, -0.1) is 0 Å². The van der Waals surface area contributed by atoms with Crippen LogP contribution in [-0.2, 0) is 0 Å². The number of methoxy groups -OCH3 is 1. The molecule has 0 amide bonds. The number of pyridine rings is 1. The second kappa shape index (κ2) is 4.82. The molecule has 2 rings (SSSR count). The van der Waals surface area contributed by atoms with E-state index >= 15 is 0 Å². The van der Waals surface area contributed by atoms with Crippen LogP contribution >= 0.6 is 0 Å². The minimum Gasteiger partial charge on any atom is -0.497 e. The molecule has 0 aliphatic carbocycles. The molecular formula is C13H13FN2O. The summed E-state index contributed by atoms with van der Waals surface area (Å²) in [4.78, 5) is 4.29. The van der Waals surface area contributed by atoms with E-state index in [1.54, 1.807) is 25.2 Å². The molecule has 4 heteroatoms. The lowest BCUT2D eigenvalue weighted by Crippen LogP contribution is -1.95. The van der Waals surface area contributed by atoms with Crippen LogP contribution in [0, 0.1) is 5.82 Å². The van der Waals surface area contributed by atoms with E-state index in [4.69, 9.17) is 4.74 Å². The van der Waals surface area contributed by atoms with Crippen LogP contribution in [0.5, 0.6) is 5.75 Å². The van der Waals surface area contributed by atoms with Crippen LogP contribution in [0.2, 0.25) is 0 Å². The highest BCUT2D eigenvalue weighted by atomic mass is 19.1. The van der Waals surface area contributed by atoms with Crippen molar-refractivity contribution in [3.8, 4) is 17.0 Å². The second-order valence-electron chi connectivity index (χ2n) is 3.50. The van der Waals surface area contributed by atoms with E-state index in [9.17, 15) is 4.39 Å². The van der Waals surface area contributed by atoms with Gasteiger partial charge in [-0.05, 0) is 24.3 Å². The van der Waals surface area contributed by atoms with Gasteiger partial charge in [0, 0.05) is 18.7 Å². The van der Waals surface area contributed by atoms with Crippen LogP contribution in [0.4, 0.5) is 10.2 Å². The number of aromatic nitrogens is 1. The molecule has 0 spiro atoms. The van der Waals surface area contributed by atoms with Gasteiger partial charge in [-0.2, -0.15) is 0 Å². The highest BCUT2D eigenvalue weighted by Gasteiger charge is 2.08. The Balaban J connectivity index is 2.45. The van der Waals surface area contributed by atoms with E-state index in [2.05, 4.69) is 10.3 Å². The zero-order valence-corrected chi connectivity index (χ0v) is 9.70. The van der Waals surface area contributed by atoms with E-state index in [1.807, 2.05) is 12.1 Å². The van der Waals surface area contributed by atoms with Crippen molar-refractivity contribution in [1.29, 1.82) is 0 Å². The fraction of sp³-hybridized carbons (Fsp3) is 0.154. The molecule has 1 heterocycles. The van der Waals surface area contributed by atoms with Crippen molar-refractivity contribution in [2.24, 2.45) is 0 Å². The maximum absolute atomic E-state index is 13.8. The van der Waals surface area contributed by atoms with E-state index in [1.165, 1.54) is 13.2 Å². The predicted molar refractivity (Wildman–Crippen MR) is 65.7 cm³/mol. The van der Waals surface area contributed by atoms with E-state index in [0.29, 0.717) is 22.8 Å². The molecule has 88 valence electrons. The summed E-state index contributed by atoms with van der Waals surface area (Å²) < 4.78 is 18.8. The van der Waals surface area contributed by atoms with Crippen molar-refractivity contribution in [3.05, 3.63) is 42.2 Å². The number of rotatable bonds is 3. The average Bonchev–Trinajstić information content (AvgIpc) is 2.38. The normalized spacial score (nSPS) is 10.1. The predicted octanol–water partition coefficient (Wildman–Crippen LogP) is 2.94. The van der Waals surface area contributed by atoms with Gasteiger partial charge in [0.1, 0.15) is 17.4 Å². The monoisotopic (exact) mass is 232 g/mol. The Hall–Kier alpha value is -2.10. The van der Waals surface area contributed by atoms with E-state index < -0.39 is 0 Å². The summed E-state index contributed by atoms with van der Waals surface area (Å²) in [5.74, 6) is 0.860. The summed E-state index contributed by atoms with van der Waals surface area (Å²) in [6.07, 6.45) is 0. The molecular weight excluding hydrogens is 219 g/mol. The standard InChI is InChI=1S/C13H13FN2O/c1-15-13-5-3-4-12(16-13)10-7-6-9(17-2)8-11(10)14/h3-8H,1-2H3,(H,15,16). The van der Waals surface area contributed by atoms with Crippen LogP contribution < -0.4 is 10.1 Å². The van der Waals surface area contributed by atoms with Crippen LogP contribution in [0.25, 0.3) is 11.3 Å². The Labute approximate surface area is 99.3 Å². The summed E-state index contributed by atoms with van der Waals surface area (Å²) in [5.41, 5.74) is 1.06. The van der Waals surface area contributed by atoms with E-state index in [0.717, 1.165) is 0 Å². The Morgan fingerprint density at radius 2 is 2.06 bits per heavy atom. The molecule has 0 saturated carbocycles. The molecule has 3 nitrogen and oxygen atoms in total. The Kier molecular flexibility index (Phi) is 3.23. The van der Waals surface area contributed by atoms with Gasteiger partial charge in [0.15, 0.2) is 0 Å². The Bertz CT molecular complexity index is 529. The van der Waals surface area contributed by atoms with E-state index in [-0.39, 0.29) is 5.82 Å². The average molecular weight is 232 g/mol. The quantitative estimate of drug-likeness (QED) is 0.883. The zero-order valence-electron chi connectivity index (χ0n) is 9.70. The van der Waals surface area contributed by atoms with Crippen LogP contribution in [0.3, 0.4) is 0 Å². The molecule has 0 aliphatic rings. The topological polar surface area (TPSA) is 34.1 Å². The molecule has 2 aromatic rings. The first kappa shape index (κ1) is 11.4. The maximum Gasteiger partial charge on any atom is 0.136 e. The highest BCUT2D eigenvalue weighted by molar-refractivity contribution is 5.62. The third-order valence-corrected chi connectivity index (χ3v) is 2.46. The summed E-state index contributed by atoms with van der Waals surface area (Å²) >= 11 is 0. The minimum absolute atomic E-state index is 0.342. The smallest absolute Gasteiger partial charge is 0.136 e. The van der Waals surface area contributed by atoms with Gasteiger partial charge in [-0.25, -0.2) is 9.37 Å². The Morgan fingerprint density at radius 1 is 1.24 bits per heavy atom. The maximum atomic E-state index is 13.8. The molecule has 0 fully saturated rings. The molecule has 1 aromatic heterocycles. The van der Waals surface area contributed by atoms with Gasteiger partial charge >= 0.3 is 0 Å². The molecule has 17 heavy (non-hydrogen) atoms. The number of benzene rings is 1. The van der Waals surface area contributed by atoms with Gasteiger partial charge in [0.05, 0.1) is 12.8 Å². The van der Waals surface area contributed by atoms with Gasteiger partial charge in [-0.3, -0.25) is 0 Å². The number of hydrogen-bond donors (Lipinski definition) is 1. The largest absolute Gasteiger partial charge is 0.497 e. The lowest BCUT2D eigenvalue weighted by atomic mass is 10.1. The number of ether oxygens (including phenoxy) is 1. The lowest BCUT2D eigenvalue weighted by molar-refractivity contribution is 0.411. The molecule has 0 atom stereocenters. The number of nitrogens with one attached hydrogen (secondary N) is 1. The fourth-order valence-electron chi connectivity index (χ4n) is 1.55. The third kappa shape index (κ3) is 2.36. The summed E-state index contributed by atoms with van der Waals surface area (Å²) in [6.45, 7) is 0. The number of anilines is 1. The first-order valence-electron chi connectivity index (χ1n) is 5.23. The molecule has 0 saturated heterocycles. The van der Waals surface area contributed by atoms with Crippen LogP contribution in [-0.4, -0.2) is 19.1 Å². The first-order valence-corrected chi connectivity index (χ1v) is 5.23. The third-order valence-electron chi connectivity index (χ3n) is 2.46. The van der Waals surface area contributed by atoms with Crippen molar-refractivity contribution in [3.63, 3.8) is 0 Å². The van der Waals surface area contributed by atoms with Crippen LogP contribution in [0.15, 0.2) is 36.4 Å². The van der Waals surface area contributed by atoms with Crippen molar-refractivity contribution >= 4 is 5.82 Å². The molecule has 0 radical (unpaired) electrons. The number of nitrogens with zero attached hydrogens (tertiary/aromatic N) is 1. The van der Waals surface area contributed by atoms with Crippen LogP contribution in [0.1, 0.15) is 0 Å². The number of hydrogen-bond acceptors (Lipinski definition) is 3. The van der Waals surface area contributed by atoms with Gasteiger partial charge in [-0.1, -0.05) is 6.07 Å². The summed E-state index contributed by atoms with van der Waals surface area (Å²) in [7, 11) is 3.28. The SMILES string of the molecule is CNc1cccc(-c2ccc(OC)cc2F)n1. The molecule has 1 N–H and O–H groups in total. The second-order valence-corrected chi connectivity index (χ2v) is 3.50. The summed E-state index contributed by atoms with van der Waals surface area (Å²) in [5, 5.41) is 2.92. The van der Waals surface area contributed by atoms with Gasteiger partial charge < -0.3 is 10.1 Å². The van der Waals surface area contributed by atoms with Gasteiger partial charge in [0.25, 0.3) is 0 Å². The molecule has 0 unspecified atom stereocenters. The lowest BCUT2D eigenvalue weighted by Gasteiger charge is -2.06. The fourth-order valence-corrected chi connectivity index (χ4v) is 1.55. The summed E-state index contributed by atoms with van der Waals surface area (Å²) in [6, 6.07) is 10.2. The molecule has 0 bridgehead atoms.